The molecule has 136 valence electrons. The van der Waals surface area contributed by atoms with Gasteiger partial charge in [-0.1, -0.05) is 0 Å². The molecule has 2 aromatic heterocycles. The molecule has 0 saturated carbocycles. The van der Waals surface area contributed by atoms with Gasteiger partial charge in [0.15, 0.2) is 5.03 Å². The number of aromatic nitrogens is 3. The molecule has 3 heterocycles. The second-order valence-electron chi connectivity index (χ2n) is 5.89. The summed E-state index contributed by atoms with van der Waals surface area (Å²) >= 11 is 0. The van der Waals surface area contributed by atoms with Gasteiger partial charge >= 0.3 is 0 Å². The molecule has 1 fully saturated rings. The summed E-state index contributed by atoms with van der Waals surface area (Å²) in [5.41, 5.74) is 0. The Hall–Kier alpha value is -1.97. The Labute approximate surface area is 147 Å². The van der Waals surface area contributed by atoms with Crippen molar-refractivity contribution in [2.45, 2.75) is 24.0 Å². The van der Waals surface area contributed by atoms with E-state index in [-0.39, 0.29) is 11.1 Å². The van der Waals surface area contributed by atoms with E-state index >= 15 is 0 Å². The van der Waals surface area contributed by atoms with Gasteiger partial charge in [0.25, 0.3) is 10.0 Å². The van der Waals surface area contributed by atoms with E-state index < -0.39 is 10.0 Å². The minimum absolute atomic E-state index is 0.0488. The maximum Gasteiger partial charge on any atom is 0.262 e. The number of piperidine rings is 1. The van der Waals surface area contributed by atoms with Crippen LogP contribution in [-0.4, -0.2) is 59.7 Å². The van der Waals surface area contributed by atoms with Gasteiger partial charge in [0, 0.05) is 32.5 Å². The number of hydrogen-bond acceptors (Lipinski definition) is 6. The molecule has 9 heteroatoms. The van der Waals surface area contributed by atoms with Crippen molar-refractivity contribution in [2.75, 3.05) is 26.3 Å². The largest absolute Gasteiger partial charge is 0.490 e. The van der Waals surface area contributed by atoms with Crippen molar-refractivity contribution in [3.63, 3.8) is 0 Å². The Bertz CT molecular complexity index is 770. The first-order valence-corrected chi connectivity index (χ1v) is 9.62. The van der Waals surface area contributed by atoms with Crippen LogP contribution < -0.4 is 4.74 Å². The van der Waals surface area contributed by atoms with Gasteiger partial charge < -0.3 is 14.0 Å². The van der Waals surface area contributed by atoms with Crippen LogP contribution in [0.25, 0.3) is 0 Å². The van der Waals surface area contributed by atoms with E-state index in [1.165, 1.54) is 16.8 Å². The lowest BCUT2D eigenvalue weighted by Gasteiger charge is -2.30. The fraction of sp³-hybridized carbons (Fsp3) is 0.500. The highest BCUT2D eigenvalue weighted by molar-refractivity contribution is 7.89. The van der Waals surface area contributed by atoms with Crippen LogP contribution in [-0.2, 0) is 21.8 Å². The van der Waals surface area contributed by atoms with Crippen molar-refractivity contribution in [3.05, 3.63) is 37.1 Å². The Morgan fingerprint density at radius 1 is 1.28 bits per heavy atom. The molecule has 1 aliphatic heterocycles. The number of sulfonamides is 1. The van der Waals surface area contributed by atoms with Crippen molar-refractivity contribution < 1.29 is 17.9 Å². The summed E-state index contributed by atoms with van der Waals surface area (Å²) in [6.07, 6.45) is 7.74. The zero-order chi connectivity index (χ0) is 17.7. The molecule has 1 saturated heterocycles. The monoisotopic (exact) mass is 366 g/mol. The highest BCUT2D eigenvalue weighted by Crippen LogP contribution is 2.21. The van der Waals surface area contributed by atoms with E-state index in [4.69, 9.17) is 9.47 Å². The molecule has 0 aromatic carbocycles. The molecule has 1 aliphatic rings. The molecule has 2 aromatic rings. The van der Waals surface area contributed by atoms with Crippen LogP contribution in [0.2, 0.25) is 0 Å². The van der Waals surface area contributed by atoms with E-state index in [1.54, 1.807) is 24.0 Å². The van der Waals surface area contributed by atoms with Gasteiger partial charge in [-0.2, -0.15) is 4.31 Å². The summed E-state index contributed by atoms with van der Waals surface area (Å²) < 4.78 is 39.4. The minimum Gasteiger partial charge on any atom is -0.490 e. The van der Waals surface area contributed by atoms with Crippen LogP contribution in [0, 0.1) is 0 Å². The zero-order valence-electron chi connectivity index (χ0n) is 14.1. The van der Waals surface area contributed by atoms with Crippen molar-refractivity contribution in [1.82, 2.24) is 18.8 Å². The molecule has 0 atom stereocenters. The van der Waals surface area contributed by atoms with Crippen LogP contribution in [0.4, 0.5) is 0 Å². The lowest BCUT2D eigenvalue weighted by Crippen LogP contribution is -2.41. The van der Waals surface area contributed by atoms with Gasteiger partial charge in [0.05, 0.1) is 25.2 Å². The molecular weight excluding hydrogens is 344 g/mol. The normalized spacial score (nSPS) is 16.8. The fourth-order valence-corrected chi connectivity index (χ4v) is 4.14. The molecule has 0 unspecified atom stereocenters. The zero-order valence-corrected chi connectivity index (χ0v) is 14.9. The van der Waals surface area contributed by atoms with Crippen LogP contribution in [0.1, 0.15) is 12.8 Å². The Morgan fingerprint density at radius 3 is 2.72 bits per heavy atom. The van der Waals surface area contributed by atoms with E-state index in [9.17, 15) is 8.42 Å². The fourth-order valence-electron chi connectivity index (χ4n) is 2.70. The SMILES string of the molecule is Cn1cnc(S(=O)(=O)N2CCC(OCCOc3cccnc3)CC2)c1. The molecule has 25 heavy (non-hydrogen) atoms. The Morgan fingerprint density at radius 2 is 2.08 bits per heavy atom. The van der Waals surface area contributed by atoms with E-state index in [0.29, 0.717) is 44.9 Å². The van der Waals surface area contributed by atoms with Gasteiger partial charge in [-0.05, 0) is 25.0 Å². The highest BCUT2D eigenvalue weighted by Gasteiger charge is 2.31. The molecule has 0 N–H and O–H groups in total. The van der Waals surface area contributed by atoms with Gasteiger partial charge in [0.1, 0.15) is 12.4 Å². The van der Waals surface area contributed by atoms with Crippen molar-refractivity contribution >= 4 is 10.0 Å². The van der Waals surface area contributed by atoms with Gasteiger partial charge in [0.2, 0.25) is 0 Å². The summed E-state index contributed by atoms with van der Waals surface area (Å²) in [6, 6.07) is 3.65. The number of pyridine rings is 1. The number of aryl methyl sites for hydroxylation is 1. The lowest BCUT2D eigenvalue weighted by atomic mass is 10.1. The van der Waals surface area contributed by atoms with E-state index in [1.807, 2.05) is 12.1 Å². The average molecular weight is 366 g/mol. The minimum atomic E-state index is -3.51. The third-order valence-electron chi connectivity index (χ3n) is 4.03. The quantitative estimate of drug-likeness (QED) is 0.681. The van der Waals surface area contributed by atoms with Crippen LogP contribution in [0.5, 0.6) is 5.75 Å². The predicted octanol–water partition coefficient (Wildman–Crippen LogP) is 1.06. The number of ether oxygens (including phenoxy) is 2. The van der Waals surface area contributed by atoms with Gasteiger partial charge in [-0.3, -0.25) is 4.98 Å². The number of hydrogen-bond donors (Lipinski definition) is 0. The average Bonchev–Trinajstić information content (AvgIpc) is 3.07. The third kappa shape index (κ3) is 4.56. The second kappa shape index (κ2) is 7.94. The first-order chi connectivity index (χ1) is 12.1. The molecule has 0 bridgehead atoms. The molecule has 8 nitrogen and oxygen atoms in total. The molecule has 0 radical (unpaired) electrons. The smallest absolute Gasteiger partial charge is 0.262 e. The first kappa shape index (κ1) is 17.8. The topological polar surface area (TPSA) is 86.6 Å². The predicted molar refractivity (Wildman–Crippen MR) is 90.7 cm³/mol. The maximum atomic E-state index is 12.5. The molecule has 3 rings (SSSR count). The van der Waals surface area contributed by atoms with Crippen LogP contribution in [0.15, 0.2) is 42.1 Å². The molecule has 0 aliphatic carbocycles. The van der Waals surface area contributed by atoms with Gasteiger partial charge in [-0.25, -0.2) is 13.4 Å². The first-order valence-electron chi connectivity index (χ1n) is 8.18. The third-order valence-corrected chi connectivity index (χ3v) is 5.81. The van der Waals surface area contributed by atoms with Crippen molar-refractivity contribution in [1.29, 1.82) is 0 Å². The van der Waals surface area contributed by atoms with Gasteiger partial charge in [-0.15, -0.1) is 0 Å². The van der Waals surface area contributed by atoms with Crippen LogP contribution >= 0.6 is 0 Å². The molecule has 0 spiro atoms. The second-order valence-corrected chi connectivity index (χ2v) is 7.77. The number of rotatable bonds is 7. The van der Waals surface area contributed by atoms with Crippen molar-refractivity contribution in [3.8, 4) is 5.75 Å². The standard InChI is InChI=1S/C16H22N4O4S/c1-19-12-16(18-13-19)25(21,22)20-7-4-14(5-8-20)23-9-10-24-15-3-2-6-17-11-15/h2-3,6,11-14H,4-5,7-10H2,1H3. The maximum absolute atomic E-state index is 12.5. The number of imidazole rings is 1. The summed E-state index contributed by atoms with van der Waals surface area (Å²) in [5, 5.41) is 0.0965. The van der Waals surface area contributed by atoms with E-state index in [0.717, 1.165) is 0 Å². The summed E-state index contributed by atoms with van der Waals surface area (Å²) in [5.74, 6) is 0.711. The Balaban J connectivity index is 1.41. The molecular formula is C16H22N4O4S. The summed E-state index contributed by atoms with van der Waals surface area (Å²) in [4.78, 5) is 7.93. The molecule has 0 amide bonds. The number of nitrogens with zero attached hydrogens (tertiary/aromatic N) is 4. The van der Waals surface area contributed by atoms with E-state index in [2.05, 4.69) is 9.97 Å². The van der Waals surface area contributed by atoms with Crippen LogP contribution in [0.3, 0.4) is 0 Å². The highest BCUT2D eigenvalue weighted by atomic mass is 32.2. The Kier molecular flexibility index (Phi) is 5.67. The van der Waals surface area contributed by atoms with Crippen molar-refractivity contribution in [2.24, 2.45) is 7.05 Å². The lowest BCUT2D eigenvalue weighted by molar-refractivity contribution is 0.00694. The summed E-state index contributed by atoms with van der Waals surface area (Å²) in [6.45, 7) is 1.78. The summed E-state index contributed by atoms with van der Waals surface area (Å²) in [7, 11) is -1.76.